The molecule has 0 amide bonds. The number of hydrogen-bond acceptors (Lipinski definition) is 3. The summed E-state index contributed by atoms with van der Waals surface area (Å²) in [4.78, 5) is 0. The lowest BCUT2D eigenvalue weighted by Crippen LogP contribution is -2.34. The Hall–Kier alpha value is -1.48. The van der Waals surface area contributed by atoms with Crippen molar-refractivity contribution in [2.24, 2.45) is 11.3 Å². The van der Waals surface area contributed by atoms with E-state index in [1.54, 1.807) is 19.2 Å². The second-order valence-electron chi connectivity index (χ2n) is 6.32. The van der Waals surface area contributed by atoms with Crippen molar-refractivity contribution in [2.75, 3.05) is 7.11 Å². The van der Waals surface area contributed by atoms with Gasteiger partial charge in [-0.15, -0.1) is 0 Å². The SMILES string of the molecule is COc1cc(O)ccc1C1=CC[C@@]2(C)[C@@H](CC[C@@H]2O)C1. The predicted molar refractivity (Wildman–Crippen MR) is 78.7 cm³/mol. The smallest absolute Gasteiger partial charge is 0.130 e. The van der Waals surface area contributed by atoms with Crippen LogP contribution in [0.25, 0.3) is 5.57 Å². The fourth-order valence-electron chi connectivity index (χ4n) is 3.79. The van der Waals surface area contributed by atoms with Crippen molar-refractivity contribution in [3.05, 3.63) is 29.8 Å². The zero-order valence-electron chi connectivity index (χ0n) is 12.1. The van der Waals surface area contributed by atoms with Crippen LogP contribution in [0.4, 0.5) is 0 Å². The minimum Gasteiger partial charge on any atom is -0.508 e. The van der Waals surface area contributed by atoms with Crippen molar-refractivity contribution < 1.29 is 14.9 Å². The number of fused-ring (bicyclic) bond motifs is 1. The first-order valence-corrected chi connectivity index (χ1v) is 7.29. The van der Waals surface area contributed by atoms with E-state index in [2.05, 4.69) is 13.0 Å². The van der Waals surface area contributed by atoms with E-state index < -0.39 is 0 Å². The van der Waals surface area contributed by atoms with Crippen LogP contribution in [0, 0.1) is 11.3 Å². The number of hydrogen-bond donors (Lipinski definition) is 2. The van der Waals surface area contributed by atoms with E-state index in [1.807, 2.05) is 6.07 Å². The van der Waals surface area contributed by atoms with Crippen LogP contribution >= 0.6 is 0 Å². The van der Waals surface area contributed by atoms with Crippen molar-refractivity contribution in [1.29, 1.82) is 0 Å². The third-order valence-corrected chi connectivity index (χ3v) is 5.27. The molecule has 0 spiro atoms. The van der Waals surface area contributed by atoms with Gasteiger partial charge in [0.1, 0.15) is 11.5 Å². The lowest BCUT2D eigenvalue weighted by molar-refractivity contribution is 0.0400. The van der Waals surface area contributed by atoms with Crippen molar-refractivity contribution in [3.63, 3.8) is 0 Å². The molecule has 2 aliphatic rings. The molecule has 1 fully saturated rings. The highest BCUT2D eigenvalue weighted by atomic mass is 16.5. The Morgan fingerprint density at radius 3 is 2.85 bits per heavy atom. The summed E-state index contributed by atoms with van der Waals surface area (Å²) < 4.78 is 5.39. The molecule has 0 heterocycles. The topological polar surface area (TPSA) is 49.7 Å². The van der Waals surface area contributed by atoms with Crippen molar-refractivity contribution in [1.82, 2.24) is 0 Å². The summed E-state index contributed by atoms with van der Waals surface area (Å²) in [7, 11) is 1.63. The summed E-state index contributed by atoms with van der Waals surface area (Å²) in [5, 5.41) is 19.8. The maximum atomic E-state index is 10.2. The van der Waals surface area contributed by atoms with Gasteiger partial charge in [-0.05, 0) is 49.3 Å². The second kappa shape index (κ2) is 4.81. The van der Waals surface area contributed by atoms with Gasteiger partial charge in [0.25, 0.3) is 0 Å². The maximum Gasteiger partial charge on any atom is 0.130 e. The quantitative estimate of drug-likeness (QED) is 0.869. The van der Waals surface area contributed by atoms with Gasteiger partial charge in [-0.1, -0.05) is 13.0 Å². The lowest BCUT2D eigenvalue weighted by Gasteiger charge is -2.38. The summed E-state index contributed by atoms with van der Waals surface area (Å²) in [6.45, 7) is 2.21. The highest BCUT2D eigenvalue weighted by molar-refractivity contribution is 5.72. The Balaban J connectivity index is 1.93. The molecule has 1 saturated carbocycles. The van der Waals surface area contributed by atoms with E-state index in [9.17, 15) is 10.2 Å². The lowest BCUT2D eigenvalue weighted by atomic mass is 9.68. The molecular weight excluding hydrogens is 252 g/mol. The summed E-state index contributed by atoms with van der Waals surface area (Å²) >= 11 is 0. The van der Waals surface area contributed by atoms with Gasteiger partial charge < -0.3 is 14.9 Å². The molecule has 0 bridgehead atoms. The minimum absolute atomic E-state index is 0.0354. The Labute approximate surface area is 119 Å². The molecule has 0 aromatic heterocycles. The molecule has 20 heavy (non-hydrogen) atoms. The summed E-state index contributed by atoms with van der Waals surface area (Å²) in [5.74, 6) is 1.48. The number of aliphatic hydroxyl groups is 1. The molecule has 1 aromatic carbocycles. The summed E-state index contributed by atoms with van der Waals surface area (Å²) in [6, 6.07) is 5.29. The molecule has 2 aliphatic carbocycles. The molecule has 3 rings (SSSR count). The number of aromatic hydroxyl groups is 1. The molecule has 0 unspecified atom stereocenters. The van der Waals surface area contributed by atoms with E-state index in [-0.39, 0.29) is 17.3 Å². The fraction of sp³-hybridized carbons (Fsp3) is 0.529. The predicted octanol–water partition coefficient (Wildman–Crippen LogP) is 3.36. The second-order valence-corrected chi connectivity index (χ2v) is 6.32. The third kappa shape index (κ3) is 2.01. The van der Waals surface area contributed by atoms with Crippen molar-refractivity contribution >= 4 is 5.57 Å². The van der Waals surface area contributed by atoms with Crippen LogP contribution in [0.5, 0.6) is 11.5 Å². The number of phenolic OH excluding ortho intramolecular Hbond substituents is 1. The number of aliphatic hydroxyl groups excluding tert-OH is 1. The van der Waals surface area contributed by atoms with E-state index >= 15 is 0 Å². The number of phenols is 1. The average Bonchev–Trinajstić information content (AvgIpc) is 2.74. The Morgan fingerprint density at radius 2 is 2.10 bits per heavy atom. The van der Waals surface area contributed by atoms with Crippen LogP contribution in [-0.4, -0.2) is 23.4 Å². The number of methoxy groups -OCH3 is 1. The van der Waals surface area contributed by atoms with E-state index in [0.717, 1.165) is 37.0 Å². The van der Waals surface area contributed by atoms with E-state index in [1.165, 1.54) is 5.57 Å². The summed E-state index contributed by atoms with van der Waals surface area (Å²) in [5.41, 5.74) is 2.38. The van der Waals surface area contributed by atoms with Crippen LogP contribution in [0.1, 0.15) is 38.2 Å². The first-order valence-electron chi connectivity index (χ1n) is 7.29. The van der Waals surface area contributed by atoms with Gasteiger partial charge in [0.2, 0.25) is 0 Å². The largest absolute Gasteiger partial charge is 0.508 e. The third-order valence-electron chi connectivity index (χ3n) is 5.27. The number of rotatable bonds is 2. The molecule has 0 aliphatic heterocycles. The van der Waals surface area contributed by atoms with Crippen LogP contribution in [-0.2, 0) is 0 Å². The Kier molecular flexibility index (Phi) is 3.25. The monoisotopic (exact) mass is 274 g/mol. The molecule has 0 saturated heterocycles. The zero-order chi connectivity index (χ0) is 14.3. The van der Waals surface area contributed by atoms with Crippen LogP contribution in [0.3, 0.4) is 0 Å². The van der Waals surface area contributed by atoms with Crippen LogP contribution in [0.15, 0.2) is 24.3 Å². The van der Waals surface area contributed by atoms with Gasteiger partial charge in [0.05, 0.1) is 13.2 Å². The highest BCUT2D eigenvalue weighted by Gasteiger charge is 2.47. The van der Waals surface area contributed by atoms with Gasteiger partial charge in [-0.25, -0.2) is 0 Å². The zero-order valence-corrected chi connectivity index (χ0v) is 12.1. The highest BCUT2D eigenvalue weighted by Crippen LogP contribution is 2.53. The maximum absolute atomic E-state index is 10.2. The molecule has 3 atom stereocenters. The Bertz CT molecular complexity index is 549. The van der Waals surface area contributed by atoms with Gasteiger partial charge in [0.15, 0.2) is 0 Å². The Morgan fingerprint density at radius 1 is 1.30 bits per heavy atom. The van der Waals surface area contributed by atoms with Crippen LogP contribution in [0.2, 0.25) is 0 Å². The van der Waals surface area contributed by atoms with E-state index in [0.29, 0.717) is 5.92 Å². The molecule has 2 N–H and O–H groups in total. The average molecular weight is 274 g/mol. The first kappa shape index (κ1) is 13.5. The normalized spacial score (nSPS) is 32.6. The van der Waals surface area contributed by atoms with Gasteiger partial charge in [-0.3, -0.25) is 0 Å². The molecule has 3 nitrogen and oxygen atoms in total. The molecule has 108 valence electrons. The van der Waals surface area contributed by atoms with Gasteiger partial charge >= 0.3 is 0 Å². The van der Waals surface area contributed by atoms with Crippen molar-refractivity contribution in [2.45, 2.75) is 38.7 Å². The first-order chi connectivity index (χ1) is 9.54. The number of ether oxygens (including phenoxy) is 1. The minimum atomic E-state index is -0.174. The van der Waals surface area contributed by atoms with E-state index in [4.69, 9.17) is 4.74 Å². The molecular formula is C17H22O3. The van der Waals surface area contributed by atoms with Gasteiger partial charge in [-0.2, -0.15) is 0 Å². The van der Waals surface area contributed by atoms with Crippen molar-refractivity contribution in [3.8, 4) is 11.5 Å². The molecule has 0 radical (unpaired) electrons. The van der Waals surface area contributed by atoms with Gasteiger partial charge in [0, 0.05) is 17.0 Å². The molecule has 1 aromatic rings. The fourth-order valence-corrected chi connectivity index (χ4v) is 3.79. The van der Waals surface area contributed by atoms with Crippen LogP contribution < -0.4 is 4.74 Å². The standard InChI is InChI=1S/C17H22O3/c1-17-8-7-11(9-12(17)3-6-16(17)19)14-5-4-13(18)10-15(14)20-2/h4-5,7,10,12,16,18-19H,3,6,8-9H2,1-2H3/t12-,16-,17-/m0/s1. The molecule has 3 heteroatoms. The number of allylic oxidation sites excluding steroid dienone is 2. The summed E-state index contributed by atoms with van der Waals surface area (Å²) in [6.07, 6.45) is 5.96. The number of benzene rings is 1.